The predicted octanol–water partition coefficient (Wildman–Crippen LogP) is 2.88. The molecule has 0 aromatic heterocycles. The van der Waals surface area contributed by atoms with Crippen molar-refractivity contribution in [1.29, 1.82) is 0 Å². The highest BCUT2D eigenvalue weighted by Gasteiger charge is 2.18. The van der Waals surface area contributed by atoms with E-state index in [2.05, 4.69) is 19.1 Å². The summed E-state index contributed by atoms with van der Waals surface area (Å²) < 4.78 is 0. The van der Waals surface area contributed by atoms with Crippen molar-refractivity contribution in [2.24, 2.45) is 0 Å². The number of amides is 1. The summed E-state index contributed by atoms with van der Waals surface area (Å²) in [4.78, 5) is 14.0. The molecule has 16 heavy (non-hydrogen) atoms. The van der Waals surface area contributed by atoms with Crippen LogP contribution < -0.4 is 0 Å². The van der Waals surface area contributed by atoms with Crippen LogP contribution >= 0.6 is 0 Å². The molecule has 1 fully saturated rings. The third kappa shape index (κ3) is 2.43. The Balaban J connectivity index is 2.05. The molecule has 1 aliphatic heterocycles. The van der Waals surface area contributed by atoms with Crippen molar-refractivity contribution in [3.8, 4) is 0 Å². The van der Waals surface area contributed by atoms with Crippen molar-refractivity contribution in [2.75, 3.05) is 13.1 Å². The minimum atomic E-state index is 0.195. The molecule has 1 aliphatic rings. The standard InChI is InChI=1S/C14H19NO/c1-2-5-12-6-8-13(9-7-12)14(16)15-10-3-4-11-15/h6-9H,2-5,10-11H2,1H3. The first-order chi connectivity index (χ1) is 7.81. The molecule has 0 bridgehead atoms. The Morgan fingerprint density at radius 2 is 1.81 bits per heavy atom. The Labute approximate surface area is 97.3 Å². The van der Waals surface area contributed by atoms with Gasteiger partial charge in [-0.3, -0.25) is 4.79 Å². The Kier molecular flexibility index (Phi) is 3.60. The van der Waals surface area contributed by atoms with Crippen LogP contribution in [-0.4, -0.2) is 23.9 Å². The van der Waals surface area contributed by atoms with Gasteiger partial charge in [0.1, 0.15) is 0 Å². The summed E-state index contributed by atoms with van der Waals surface area (Å²) in [5.74, 6) is 0.195. The first kappa shape index (κ1) is 11.2. The number of carbonyl (C=O) groups excluding carboxylic acids is 1. The van der Waals surface area contributed by atoms with Crippen molar-refractivity contribution in [3.05, 3.63) is 35.4 Å². The summed E-state index contributed by atoms with van der Waals surface area (Å²) >= 11 is 0. The predicted molar refractivity (Wildman–Crippen MR) is 65.6 cm³/mol. The molecule has 0 radical (unpaired) electrons. The minimum Gasteiger partial charge on any atom is -0.339 e. The van der Waals surface area contributed by atoms with E-state index in [4.69, 9.17) is 0 Å². The van der Waals surface area contributed by atoms with Gasteiger partial charge in [0.25, 0.3) is 5.91 Å². The van der Waals surface area contributed by atoms with Gasteiger partial charge in [0, 0.05) is 18.7 Å². The molecule has 1 saturated heterocycles. The molecule has 1 aromatic carbocycles. The normalized spacial score (nSPS) is 15.4. The van der Waals surface area contributed by atoms with Gasteiger partial charge in [0.05, 0.1) is 0 Å². The monoisotopic (exact) mass is 217 g/mol. The second kappa shape index (κ2) is 5.15. The van der Waals surface area contributed by atoms with Crippen molar-refractivity contribution in [2.45, 2.75) is 32.6 Å². The van der Waals surface area contributed by atoms with E-state index in [1.54, 1.807) is 0 Å². The van der Waals surface area contributed by atoms with E-state index in [0.717, 1.165) is 44.3 Å². The van der Waals surface area contributed by atoms with E-state index >= 15 is 0 Å². The van der Waals surface area contributed by atoms with Gasteiger partial charge in [-0.2, -0.15) is 0 Å². The van der Waals surface area contributed by atoms with Gasteiger partial charge in [0.2, 0.25) is 0 Å². The fourth-order valence-corrected chi connectivity index (χ4v) is 2.21. The second-order valence-corrected chi connectivity index (χ2v) is 4.45. The number of hydrogen-bond acceptors (Lipinski definition) is 1. The topological polar surface area (TPSA) is 20.3 Å². The van der Waals surface area contributed by atoms with Crippen LogP contribution in [0.4, 0.5) is 0 Å². The fourth-order valence-electron chi connectivity index (χ4n) is 2.21. The summed E-state index contributed by atoms with van der Waals surface area (Å²) in [7, 11) is 0. The van der Waals surface area contributed by atoms with Crippen molar-refractivity contribution < 1.29 is 4.79 Å². The van der Waals surface area contributed by atoms with E-state index in [1.165, 1.54) is 5.56 Å². The quantitative estimate of drug-likeness (QED) is 0.762. The van der Waals surface area contributed by atoms with Gasteiger partial charge < -0.3 is 4.90 Å². The third-order valence-corrected chi connectivity index (χ3v) is 3.13. The number of benzene rings is 1. The average molecular weight is 217 g/mol. The van der Waals surface area contributed by atoms with Crippen LogP contribution in [0.5, 0.6) is 0 Å². The van der Waals surface area contributed by atoms with Crippen LogP contribution in [0.2, 0.25) is 0 Å². The third-order valence-electron chi connectivity index (χ3n) is 3.13. The van der Waals surface area contributed by atoms with Gasteiger partial charge in [-0.05, 0) is 37.0 Å². The van der Waals surface area contributed by atoms with Gasteiger partial charge in [0.15, 0.2) is 0 Å². The molecule has 0 spiro atoms. The molecule has 2 nitrogen and oxygen atoms in total. The largest absolute Gasteiger partial charge is 0.339 e. The molecule has 0 atom stereocenters. The number of rotatable bonds is 3. The molecule has 86 valence electrons. The number of likely N-dealkylation sites (tertiary alicyclic amines) is 1. The number of aryl methyl sites for hydroxylation is 1. The van der Waals surface area contributed by atoms with Crippen molar-refractivity contribution in [1.82, 2.24) is 4.90 Å². The van der Waals surface area contributed by atoms with Crippen LogP contribution in [-0.2, 0) is 6.42 Å². The lowest BCUT2D eigenvalue weighted by Gasteiger charge is -2.15. The lowest BCUT2D eigenvalue weighted by molar-refractivity contribution is 0.0793. The Hall–Kier alpha value is -1.31. The zero-order chi connectivity index (χ0) is 11.4. The van der Waals surface area contributed by atoms with Crippen molar-refractivity contribution >= 4 is 5.91 Å². The molecule has 1 amide bonds. The minimum absolute atomic E-state index is 0.195. The number of carbonyl (C=O) groups is 1. The zero-order valence-corrected chi connectivity index (χ0v) is 9.91. The smallest absolute Gasteiger partial charge is 0.253 e. The SMILES string of the molecule is CCCc1ccc(C(=O)N2CCCC2)cc1. The molecule has 1 heterocycles. The summed E-state index contributed by atoms with van der Waals surface area (Å²) in [6.07, 6.45) is 4.55. The second-order valence-electron chi connectivity index (χ2n) is 4.45. The summed E-state index contributed by atoms with van der Waals surface area (Å²) in [5.41, 5.74) is 2.15. The Morgan fingerprint density at radius 1 is 1.19 bits per heavy atom. The summed E-state index contributed by atoms with van der Waals surface area (Å²) in [6.45, 7) is 4.02. The molecule has 1 aromatic rings. The van der Waals surface area contributed by atoms with E-state index in [1.807, 2.05) is 17.0 Å². The molecule has 0 saturated carbocycles. The molecule has 2 heteroatoms. The molecular weight excluding hydrogens is 198 g/mol. The van der Waals surface area contributed by atoms with Crippen LogP contribution in [0, 0.1) is 0 Å². The van der Waals surface area contributed by atoms with E-state index in [9.17, 15) is 4.79 Å². The molecular formula is C14H19NO. The number of hydrogen-bond donors (Lipinski definition) is 0. The maximum atomic E-state index is 12.0. The van der Waals surface area contributed by atoms with Gasteiger partial charge in [-0.15, -0.1) is 0 Å². The molecule has 0 unspecified atom stereocenters. The lowest BCUT2D eigenvalue weighted by Crippen LogP contribution is -2.27. The Bertz CT molecular complexity index is 350. The zero-order valence-electron chi connectivity index (χ0n) is 9.91. The van der Waals surface area contributed by atoms with Crippen LogP contribution in [0.15, 0.2) is 24.3 Å². The molecule has 2 rings (SSSR count). The van der Waals surface area contributed by atoms with Gasteiger partial charge in [-0.1, -0.05) is 25.5 Å². The summed E-state index contributed by atoms with van der Waals surface area (Å²) in [5, 5.41) is 0. The van der Waals surface area contributed by atoms with E-state index in [0.29, 0.717) is 0 Å². The van der Waals surface area contributed by atoms with E-state index in [-0.39, 0.29) is 5.91 Å². The molecule has 0 N–H and O–H groups in total. The average Bonchev–Trinajstić information content (AvgIpc) is 2.83. The number of nitrogens with zero attached hydrogens (tertiary/aromatic N) is 1. The first-order valence-corrected chi connectivity index (χ1v) is 6.19. The Morgan fingerprint density at radius 3 is 2.38 bits per heavy atom. The highest BCUT2D eigenvalue weighted by Crippen LogP contribution is 2.14. The lowest BCUT2D eigenvalue weighted by atomic mass is 10.1. The molecule has 0 aliphatic carbocycles. The highest BCUT2D eigenvalue weighted by atomic mass is 16.2. The van der Waals surface area contributed by atoms with Crippen LogP contribution in [0.25, 0.3) is 0 Å². The fraction of sp³-hybridized carbons (Fsp3) is 0.500. The maximum absolute atomic E-state index is 12.0. The van der Waals surface area contributed by atoms with E-state index < -0.39 is 0 Å². The van der Waals surface area contributed by atoms with Gasteiger partial charge >= 0.3 is 0 Å². The first-order valence-electron chi connectivity index (χ1n) is 6.19. The van der Waals surface area contributed by atoms with Crippen LogP contribution in [0.1, 0.15) is 42.1 Å². The maximum Gasteiger partial charge on any atom is 0.253 e. The van der Waals surface area contributed by atoms with Crippen LogP contribution in [0.3, 0.4) is 0 Å². The highest BCUT2D eigenvalue weighted by molar-refractivity contribution is 5.94. The van der Waals surface area contributed by atoms with Gasteiger partial charge in [-0.25, -0.2) is 0 Å². The summed E-state index contributed by atoms with van der Waals surface area (Å²) in [6, 6.07) is 8.08. The van der Waals surface area contributed by atoms with Crippen molar-refractivity contribution in [3.63, 3.8) is 0 Å².